The van der Waals surface area contributed by atoms with Crippen LogP contribution in [0.5, 0.6) is 5.75 Å². The fraction of sp³-hybridized carbons (Fsp3) is 0.500. The summed E-state index contributed by atoms with van der Waals surface area (Å²) in [6.07, 6.45) is 0. The van der Waals surface area contributed by atoms with Gasteiger partial charge in [0.25, 0.3) is 0 Å². The van der Waals surface area contributed by atoms with Crippen molar-refractivity contribution in [2.24, 2.45) is 0 Å². The van der Waals surface area contributed by atoms with Gasteiger partial charge < -0.3 is 14.9 Å². The van der Waals surface area contributed by atoms with Gasteiger partial charge in [-0.2, -0.15) is 0 Å². The molecule has 0 aliphatic carbocycles. The normalized spacial score (nSPS) is 10.9. The van der Waals surface area contributed by atoms with E-state index >= 15 is 0 Å². The molecular formula is C12H17ClFNO3. The molecule has 0 aliphatic rings. The van der Waals surface area contributed by atoms with Gasteiger partial charge in [-0.3, -0.25) is 4.90 Å². The van der Waals surface area contributed by atoms with Gasteiger partial charge in [0.05, 0.1) is 18.2 Å². The lowest BCUT2D eigenvalue weighted by Crippen LogP contribution is -2.33. The van der Waals surface area contributed by atoms with Gasteiger partial charge in [-0.25, -0.2) is 4.39 Å². The van der Waals surface area contributed by atoms with E-state index in [4.69, 9.17) is 26.6 Å². The van der Waals surface area contributed by atoms with Crippen molar-refractivity contribution in [3.05, 3.63) is 29.0 Å². The number of hydrogen-bond donors (Lipinski definition) is 2. The first kappa shape index (κ1) is 15.2. The number of halogens is 2. The van der Waals surface area contributed by atoms with Crippen LogP contribution in [0.3, 0.4) is 0 Å². The molecule has 0 atom stereocenters. The van der Waals surface area contributed by atoms with Gasteiger partial charge in [0, 0.05) is 19.6 Å². The van der Waals surface area contributed by atoms with E-state index in [9.17, 15) is 4.39 Å². The van der Waals surface area contributed by atoms with Crippen molar-refractivity contribution in [1.29, 1.82) is 0 Å². The Bertz CT molecular complexity index is 359. The zero-order valence-electron chi connectivity index (χ0n) is 9.98. The average molecular weight is 278 g/mol. The standard InChI is InChI=1S/C12H17ClFNO3/c13-11-9-10(14)1-2-12(11)18-8-5-15(3-6-16)4-7-17/h1-2,9,16-17H,3-8H2. The molecule has 1 rings (SSSR count). The van der Waals surface area contributed by atoms with Crippen LogP contribution in [0.15, 0.2) is 18.2 Å². The first-order valence-electron chi connectivity index (χ1n) is 5.69. The third-order valence-electron chi connectivity index (χ3n) is 2.39. The van der Waals surface area contributed by atoms with Crippen molar-refractivity contribution in [2.45, 2.75) is 0 Å². The second-order valence-electron chi connectivity index (χ2n) is 3.71. The zero-order valence-corrected chi connectivity index (χ0v) is 10.7. The summed E-state index contributed by atoms with van der Waals surface area (Å²) >= 11 is 5.81. The van der Waals surface area contributed by atoms with E-state index in [0.29, 0.717) is 32.0 Å². The highest BCUT2D eigenvalue weighted by Gasteiger charge is 2.06. The Morgan fingerprint density at radius 3 is 2.39 bits per heavy atom. The Balaban J connectivity index is 2.39. The molecule has 0 heterocycles. The highest BCUT2D eigenvalue weighted by atomic mass is 35.5. The Kier molecular flexibility index (Phi) is 6.97. The summed E-state index contributed by atoms with van der Waals surface area (Å²) in [6.45, 7) is 1.90. The van der Waals surface area contributed by atoms with Gasteiger partial charge >= 0.3 is 0 Å². The van der Waals surface area contributed by atoms with Gasteiger partial charge in [0.1, 0.15) is 18.2 Å². The first-order valence-corrected chi connectivity index (χ1v) is 6.07. The molecule has 0 saturated carbocycles. The lowest BCUT2D eigenvalue weighted by atomic mass is 10.3. The SMILES string of the molecule is OCCN(CCO)CCOc1ccc(F)cc1Cl. The molecule has 0 saturated heterocycles. The molecule has 4 nitrogen and oxygen atoms in total. The van der Waals surface area contributed by atoms with E-state index in [1.807, 2.05) is 4.90 Å². The van der Waals surface area contributed by atoms with E-state index in [1.165, 1.54) is 18.2 Å². The van der Waals surface area contributed by atoms with Gasteiger partial charge in [0.15, 0.2) is 0 Å². The largest absolute Gasteiger partial charge is 0.491 e. The van der Waals surface area contributed by atoms with Crippen LogP contribution in [0.4, 0.5) is 4.39 Å². The fourth-order valence-electron chi connectivity index (χ4n) is 1.50. The number of hydrogen-bond acceptors (Lipinski definition) is 4. The lowest BCUT2D eigenvalue weighted by molar-refractivity contribution is 0.141. The average Bonchev–Trinajstić information content (AvgIpc) is 2.32. The van der Waals surface area contributed by atoms with Crippen molar-refractivity contribution in [1.82, 2.24) is 4.90 Å². The van der Waals surface area contributed by atoms with Gasteiger partial charge in [0.2, 0.25) is 0 Å². The number of benzene rings is 1. The predicted molar refractivity (Wildman–Crippen MR) is 67.5 cm³/mol. The molecule has 1 aromatic rings. The van der Waals surface area contributed by atoms with Crippen LogP contribution in [-0.2, 0) is 0 Å². The Labute approximate surface area is 111 Å². The van der Waals surface area contributed by atoms with E-state index < -0.39 is 5.82 Å². The minimum Gasteiger partial charge on any atom is -0.491 e. The van der Waals surface area contributed by atoms with Crippen LogP contribution in [0.1, 0.15) is 0 Å². The van der Waals surface area contributed by atoms with Crippen LogP contribution < -0.4 is 4.74 Å². The zero-order chi connectivity index (χ0) is 13.4. The van der Waals surface area contributed by atoms with E-state index in [0.717, 1.165) is 0 Å². The van der Waals surface area contributed by atoms with Crippen LogP contribution in [-0.4, -0.2) is 54.6 Å². The maximum Gasteiger partial charge on any atom is 0.138 e. The van der Waals surface area contributed by atoms with Crippen molar-refractivity contribution >= 4 is 11.6 Å². The molecule has 1 aromatic carbocycles. The molecule has 0 unspecified atom stereocenters. The molecule has 102 valence electrons. The molecule has 18 heavy (non-hydrogen) atoms. The van der Waals surface area contributed by atoms with Crippen molar-refractivity contribution < 1.29 is 19.3 Å². The molecule has 0 amide bonds. The second kappa shape index (κ2) is 8.26. The minimum absolute atomic E-state index is 0.0251. The Morgan fingerprint density at radius 1 is 1.17 bits per heavy atom. The number of ether oxygens (including phenoxy) is 1. The number of aliphatic hydroxyl groups is 2. The van der Waals surface area contributed by atoms with E-state index in [-0.39, 0.29) is 18.2 Å². The summed E-state index contributed by atoms with van der Waals surface area (Å²) in [4.78, 5) is 1.86. The highest BCUT2D eigenvalue weighted by Crippen LogP contribution is 2.24. The van der Waals surface area contributed by atoms with Crippen molar-refractivity contribution in [3.8, 4) is 5.75 Å². The van der Waals surface area contributed by atoms with Crippen LogP contribution in [0.25, 0.3) is 0 Å². The molecule has 0 spiro atoms. The third-order valence-corrected chi connectivity index (χ3v) is 2.69. The van der Waals surface area contributed by atoms with Crippen LogP contribution in [0.2, 0.25) is 5.02 Å². The topological polar surface area (TPSA) is 52.9 Å². The smallest absolute Gasteiger partial charge is 0.138 e. The maximum absolute atomic E-state index is 12.8. The Morgan fingerprint density at radius 2 is 1.83 bits per heavy atom. The van der Waals surface area contributed by atoms with Gasteiger partial charge in [-0.1, -0.05) is 11.6 Å². The van der Waals surface area contributed by atoms with Crippen LogP contribution >= 0.6 is 11.6 Å². The molecule has 0 bridgehead atoms. The monoisotopic (exact) mass is 277 g/mol. The van der Waals surface area contributed by atoms with Crippen molar-refractivity contribution in [2.75, 3.05) is 39.5 Å². The quantitative estimate of drug-likeness (QED) is 0.748. The maximum atomic E-state index is 12.8. The van der Waals surface area contributed by atoms with Crippen molar-refractivity contribution in [3.63, 3.8) is 0 Å². The predicted octanol–water partition coefficient (Wildman–Crippen LogP) is 1.14. The summed E-state index contributed by atoms with van der Waals surface area (Å²) in [5, 5.41) is 17.9. The minimum atomic E-state index is -0.408. The molecule has 0 fully saturated rings. The molecular weight excluding hydrogens is 261 g/mol. The second-order valence-corrected chi connectivity index (χ2v) is 4.12. The fourth-order valence-corrected chi connectivity index (χ4v) is 1.72. The summed E-state index contributed by atoms with van der Waals surface area (Å²) in [7, 11) is 0. The summed E-state index contributed by atoms with van der Waals surface area (Å²) in [6, 6.07) is 3.94. The highest BCUT2D eigenvalue weighted by molar-refractivity contribution is 6.32. The van der Waals surface area contributed by atoms with E-state index in [2.05, 4.69) is 0 Å². The lowest BCUT2D eigenvalue weighted by Gasteiger charge is -2.20. The van der Waals surface area contributed by atoms with Crippen LogP contribution in [0, 0.1) is 5.82 Å². The molecule has 6 heteroatoms. The molecule has 2 N–H and O–H groups in total. The van der Waals surface area contributed by atoms with Gasteiger partial charge in [-0.05, 0) is 18.2 Å². The molecule has 0 aliphatic heterocycles. The number of nitrogens with zero attached hydrogens (tertiary/aromatic N) is 1. The molecule has 0 radical (unpaired) electrons. The summed E-state index contributed by atoms with van der Waals surface area (Å²) < 4.78 is 18.2. The third kappa shape index (κ3) is 5.18. The number of rotatable bonds is 8. The summed E-state index contributed by atoms with van der Waals surface area (Å²) in [5.41, 5.74) is 0. The Hall–Kier alpha value is -0.880. The first-order chi connectivity index (χ1) is 8.67. The number of aliphatic hydroxyl groups excluding tert-OH is 2. The van der Waals surface area contributed by atoms with E-state index in [1.54, 1.807) is 0 Å². The molecule has 0 aromatic heterocycles. The summed E-state index contributed by atoms with van der Waals surface area (Å²) in [5.74, 6) is 0.0144. The van der Waals surface area contributed by atoms with Gasteiger partial charge in [-0.15, -0.1) is 0 Å².